The van der Waals surface area contributed by atoms with E-state index in [-0.39, 0.29) is 0 Å². The van der Waals surface area contributed by atoms with E-state index in [1.807, 2.05) is 12.1 Å². The van der Waals surface area contributed by atoms with Crippen molar-refractivity contribution in [2.45, 2.75) is 6.42 Å². The molecule has 1 aromatic rings. The summed E-state index contributed by atoms with van der Waals surface area (Å²) in [7, 11) is 0. The molecule has 0 bridgehead atoms. The van der Waals surface area contributed by atoms with Crippen molar-refractivity contribution in [1.29, 1.82) is 0 Å². The van der Waals surface area contributed by atoms with Gasteiger partial charge in [0.1, 0.15) is 5.82 Å². The Morgan fingerprint density at radius 1 is 1.50 bits per heavy atom. The molecule has 3 N–H and O–H groups in total. The van der Waals surface area contributed by atoms with Crippen LogP contribution in [0.4, 0.5) is 10.6 Å². The summed E-state index contributed by atoms with van der Waals surface area (Å²) in [5.74, 6) is 0.493. The molecule has 84 valence electrons. The van der Waals surface area contributed by atoms with Crippen molar-refractivity contribution < 1.29 is 9.90 Å². The van der Waals surface area contributed by atoms with Crippen LogP contribution in [0.25, 0.3) is 5.57 Å². The predicted octanol–water partition coefficient (Wildman–Crippen LogP) is 1.43. The summed E-state index contributed by atoms with van der Waals surface area (Å²) < 4.78 is 0. The van der Waals surface area contributed by atoms with E-state index in [9.17, 15) is 4.79 Å². The summed E-state index contributed by atoms with van der Waals surface area (Å²) in [4.78, 5) is 16.1. The first-order chi connectivity index (χ1) is 7.66. The Labute approximate surface area is 93.2 Å². The first-order valence-corrected chi connectivity index (χ1v) is 5.05. The number of carbonyl (C=O) groups is 1. The molecule has 0 saturated carbocycles. The van der Waals surface area contributed by atoms with Crippen LogP contribution in [0.3, 0.4) is 0 Å². The van der Waals surface area contributed by atoms with E-state index in [2.05, 4.69) is 4.98 Å². The van der Waals surface area contributed by atoms with Crippen LogP contribution in [-0.4, -0.2) is 34.2 Å². The van der Waals surface area contributed by atoms with Crippen molar-refractivity contribution >= 4 is 17.5 Å². The average molecular weight is 219 g/mol. The molecule has 5 heteroatoms. The summed E-state index contributed by atoms with van der Waals surface area (Å²) in [6.07, 6.45) is 3.49. The Bertz CT molecular complexity index is 425. The highest BCUT2D eigenvalue weighted by Gasteiger charge is 2.16. The van der Waals surface area contributed by atoms with Gasteiger partial charge in [0.2, 0.25) is 0 Å². The van der Waals surface area contributed by atoms with Crippen molar-refractivity contribution in [1.82, 2.24) is 9.88 Å². The standard InChI is InChI=1S/C11H13N3O2/c12-10-2-1-9(7-13-10)8-3-5-14(6-4-8)11(15)16/h1-3,7H,4-6H2,(H2,12,13)(H,15,16). The normalized spacial score (nSPS) is 15.8. The van der Waals surface area contributed by atoms with Gasteiger partial charge >= 0.3 is 6.09 Å². The van der Waals surface area contributed by atoms with Gasteiger partial charge in [-0.1, -0.05) is 6.08 Å². The number of amides is 1. The number of carboxylic acid groups (broad SMARTS) is 1. The third kappa shape index (κ3) is 2.13. The van der Waals surface area contributed by atoms with Gasteiger partial charge in [0.25, 0.3) is 0 Å². The number of nitrogens with zero attached hydrogens (tertiary/aromatic N) is 2. The molecule has 0 spiro atoms. The second-order valence-electron chi connectivity index (χ2n) is 3.68. The Morgan fingerprint density at radius 3 is 2.81 bits per heavy atom. The number of rotatable bonds is 1. The second kappa shape index (κ2) is 4.22. The van der Waals surface area contributed by atoms with Gasteiger partial charge in [-0.15, -0.1) is 0 Å². The van der Waals surface area contributed by atoms with Crippen molar-refractivity contribution in [2.24, 2.45) is 0 Å². The Kier molecular flexibility index (Phi) is 2.76. The fourth-order valence-electron chi connectivity index (χ4n) is 1.70. The fourth-order valence-corrected chi connectivity index (χ4v) is 1.70. The third-order valence-electron chi connectivity index (χ3n) is 2.64. The molecule has 16 heavy (non-hydrogen) atoms. The lowest BCUT2D eigenvalue weighted by molar-refractivity contribution is 0.150. The van der Waals surface area contributed by atoms with E-state index in [0.29, 0.717) is 18.9 Å². The second-order valence-corrected chi connectivity index (χ2v) is 3.68. The molecule has 0 saturated heterocycles. The van der Waals surface area contributed by atoms with Gasteiger partial charge in [-0.05, 0) is 29.7 Å². The maximum atomic E-state index is 10.7. The molecule has 1 aliphatic heterocycles. The highest BCUT2D eigenvalue weighted by molar-refractivity contribution is 5.71. The molecule has 0 fully saturated rings. The van der Waals surface area contributed by atoms with Gasteiger partial charge < -0.3 is 15.7 Å². The first-order valence-electron chi connectivity index (χ1n) is 5.05. The minimum Gasteiger partial charge on any atom is -0.465 e. The highest BCUT2D eigenvalue weighted by Crippen LogP contribution is 2.21. The molecule has 0 aliphatic carbocycles. The molecule has 2 rings (SSSR count). The number of hydrogen-bond donors (Lipinski definition) is 2. The lowest BCUT2D eigenvalue weighted by Gasteiger charge is -2.23. The summed E-state index contributed by atoms with van der Waals surface area (Å²) >= 11 is 0. The van der Waals surface area contributed by atoms with Crippen LogP contribution in [0.15, 0.2) is 24.4 Å². The van der Waals surface area contributed by atoms with Gasteiger partial charge in [-0.25, -0.2) is 9.78 Å². The van der Waals surface area contributed by atoms with E-state index in [1.165, 1.54) is 4.90 Å². The average Bonchev–Trinajstić information content (AvgIpc) is 2.30. The largest absolute Gasteiger partial charge is 0.465 e. The van der Waals surface area contributed by atoms with Gasteiger partial charge in [0.05, 0.1) is 0 Å². The molecule has 0 aromatic carbocycles. The van der Waals surface area contributed by atoms with Crippen LogP contribution in [0.2, 0.25) is 0 Å². The monoisotopic (exact) mass is 219 g/mol. The van der Waals surface area contributed by atoms with Crippen LogP contribution >= 0.6 is 0 Å². The van der Waals surface area contributed by atoms with Crippen molar-refractivity contribution in [3.05, 3.63) is 30.0 Å². The minimum atomic E-state index is -0.870. The quantitative estimate of drug-likeness (QED) is 0.748. The van der Waals surface area contributed by atoms with E-state index in [0.717, 1.165) is 17.6 Å². The maximum absolute atomic E-state index is 10.7. The topological polar surface area (TPSA) is 79.5 Å². The van der Waals surface area contributed by atoms with Crippen molar-refractivity contribution in [3.8, 4) is 0 Å². The maximum Gasteiger partial charge on any atom is 0.407 e. The molecule has 0 unspecified atom stereocenters. The summed E-state index contributed by atoms with van der Waals surface area (Å²) in [6.45, 7) is 0.973. The zero-order valence-electron chi connectivity index (χ0n) is 8.76. The first kappa shape index (κ1) is 10.5. The van der Waals surface area contributed by atoms with E-state index < -0.39 is 6.09 Å². The Balaban J connectivity index is 2.13. The van der Waals surface area contributed by atoms with Crippen LogP contribution in [-0.2, 0) is 0 Å². The molecular weight excluding hydrogens is 206 g/mol. The summed E-state index contributed by atoms with van der Waals surface area (Å²) in [5.41, 5.74) is 7.64. The van der Waals surface area contributed by atoms with Gasteiger partial charge in [-0.3, -0.25) is 0 Å². The molecule has 2 heterocycles. The van der Waals surface area contributed by atoms with Crippen LogP contribution < -0.4 is 5.73 Å². The Hall–Kier alpha value is -2.04. The van der Waals surface area contributed by atoms with Gasteiger partial charge in [0, 0.05) is 19.3 Å². The SMILES string of the molecule is Nc1ccc(C2=CCN(C(=O)O)CC2)cn1. The molecule has 0 radical (unpaired) electrons. The van der Waals surface area contributed by atoms with Gasteiger partial charge in [0.15, 0.2) is 0 Å². The van der Waals surface area contributed by atoms with Crippen LogP contribution in [0.5, 0.6) is 0 Å². The molecular formula is C11H13N3O2. The summed E-state index contributed by atoms with van der Waals surface area (Å²) in [5, 5.41) is 8.80. The molecule has 1 aromatic heterocycles. The number of nitrogen functional groups attached to an aromatic ring is 1. The van der Waals surface area contributed by atoms with E-state index in [4.69, 9.17) is 10.8 Å². The van der Waals surface area contributed by atoms with Gasteiger partial charge in [-0.2, -0.15) is 0 Å². The van der Waals surface area contributed by atoms with Crippen LogP contribution in [0, 0.1) is 0 Å². The lowest BCUT2D eigenvalue weighted by Crippen LogP contribution is -2.33. The van der Waals surface area contributed by atoms with E-state index in [1.54, 1.807) is 12.3 Å². The number of hydrogen-bond acceptors (Lipinski definition) is 3. The third-order valence-corrected chi connectivity index (χ3v) is 2.64. The number of pyridine rings is 1. The number of nitrogens with two attached hydrogens (primary N) is 1. The summed E-state index contributed by atoms with van der Waals surface area (Å²) in [6, 6.07) is 3.66. The molecule has 1 amide bonds. The van der Waals surface area contributed by atoms with Crippen molar-refractivity contribution in [3.63, 3.8) is 0 Å². The molecule has 0 atom stereocenters. The lowest BCUT2D eigenvalue weighted by atomic mass is 10.0. The van der Waals surface area contributed by atoms with Crippen molar-refractivity contribution in [2.75, 3.05) is 18.8 Å². The molecule has 1 aliphatic rings. The Morgan fingerprint density at radius 2 is 2.31 bits per heavy atom. The minimum absolute atomic E-state index is 0.440. The smallest absolute Gasteiger partial charge is 0.407 e. The zero-order chi connectivity index (χ0) is 11.5. The van der Waals surface area contributed by atoms with Crippen LogP contribution in [0.1, 0.15) is 12.0 Å². The van der Waals surface area contributed by atoms with E-state index >= 15 is 0 Å². The number of aromatic nitrogens is 1. The highest BCUT2D eigenvalue weighted by atomic mass is 16.4. The number of anilines is 1. The zero-order valence-corrected chi connectivity index (χ0v) is 8.76. The predicted molar refractivity (Wildman–Crippen MR) is 60.8 cm³/mol. The molecule has 5 nitrogen and oxygen atoms in total. The fraction of sp³-hybridized carbons (Fsp3) is 0.273.